The Hall–Kier alpha value is -1.77. The summed E-state index contributed by atoms with van der Waals surface area (Å²) in [5.74, 6) is 5.12. The standard InChI is InChI=1S/C42H57NS/c44-42-24-10-9-23-39(42)38-22-8-7-21-37(38)35-25-26-41(43-36-19-5-2-6-20-36)40(29-35)34-18-12-17-33(28-34)32-16-11-15-31(27-32)30-13-3-1-4-14-30/h2-3,5-6,10,12-14,16,18-19,21,24,31,33-36,38-44H,1,4,7-9,11,15,17,20,22-23,25-29H2. The van der Waals surface area contributed by atoms with Crippen LogP contribution in [0.15, 0.2) is 95.7 Å². The molecule has 7 rings (SSSR count). The molecule has 0 aromatic carbocycles. The maximum Gasteiger partial charge on any atom is 0.0290 e. The third-order valence-electron chi connectivity index (χ3n) is 12.6. The van der Waals surface area contributed by atoms with Crippen molar-refractivity contribution in [3.63, 3.8) is 0 Å². The van der Waals surface area contributed by atoms with E-state index in [1.54, 1.807) is 11.1 Å². The Morgan fingerprint density at radius 1 is 0.659 bits per heavy atom. The lowest BCUT2D eigenvalue weighted by Crippen LogP contribution is -2.48. The zero-order valence-electron chi connectivity index (χ0n) is 27.0. The molecule has 44 heavy (non-hydrogen) atoms. The molecule has 0 bridgehead atoms. The van der Waals surface area contributed by atoms with Gasteiger partial charge in [-0.1, -0.05) is 90.1 Å². The van der Waals surface area contributed by atoms with Crippen LogP contribution in [0.5, 0.6) is 0 Å². The van der Waals surface area contributed by atoms with Gasteiger partial charge in [-0.25, -0.2) is 0 Å². The molecule has 0 aromatic rings. The van der Waals surface area contributed by atoms with Crippen LogP contribution in [0.2, 0.25) is 0 Å². The molecule has 1 fully saturated rings. The van der Waals surface area contributed by atoms with Gasteiger partial charge in [0, 0.05) is 17.3 Å². The van der Waals surface area contributed by atoms with Gasteiger partial charge < -0.3 is 5.32 Å². The second kappa shape index (κ2) is 14.8. The first-order valence-corrected chi connectivity index (χ1v) is 19.1. The summed E-state index contributed by atoms with van der Waals surface area (Å²) in [6.07, 6.45) is 52.8. The van der Waals surface area contributed by atoms with Crippen LogP contribution in [0.4, 0.5) is 0 Å². The lowest BCUT2D eigenvalue weighted by molar-refractivity contribution is 0.144. The summed E-state index contributed by atoms with van der Waals surface area (Å²) < 4.78 is 0. The number of hydrogen-bond acceptors (Lipinski definition) is 2. The summed E-state index contributed by atoms with van der Waals surface area (Å²) in [4.78, 5) is 0. The summed E-state index contributed by atoms with van der Waals surface area (Å²) >= 11 is 5.10. The molecule has 0 aromatic heterocycles. The lowest BCUT2D eigenvalue weighted by atomic mass is 9.62. The molecule has 0 heterocycles. The number of allylic oxidation sites excluding steroid dienone is 13. The molecular formula is C42H57NS. The minimum atomic E-state index is 0.435. The van der Waals surface area contributed by atoms with E-state index < -0.39 is 0 Å². The third kappa shape index (κ3) is 7.12. The van der Waals surface area contributed by atoms with E-state index >= 15 is 0 Å². The number of rotatable bonds is 7. The largest absolute Gasteiger partial charge is 0.307 e. The zero-order valence-corrected chi connectivity index (χ0v) is 27.9. The predicted octanol–water partition coefficient (Wildman–Crippen LogP) is 10.8. The highest BCUT2D eigenvalue weighted by Gasteiger charge is 2.42. The van der Waals surface area contributed by atoms with Crippen LogP contribution < -0.4 is 5.32 Å². The Labute approximate surface area is 274 Å². The third-order valence-corrected chi connectivity index (χ3v) is 13.2. The first kappa shape index (κ1) is 30.9. The zero-order chi connectivity index (χ0) is 29.7. The minimum absolute atomic E-state index is 0.435. The van der Waals surface area contributed by atoms with Crippen LogP contribution in [0.3, 0.4) is 0 Å². The van der Waals surface area contributed by atoms with Crippen molar-refractivity contribution in [3.8, 4) is 0 Å². The Morgan fingerprint density at radius 2 is 1.64 bits per heavy atom. The van der Waals surface area contributed by atoms with E-state index in [1.807, 2.05) is 5.57 Å². The highest BCUT2D eigenvalue weighted by Crippen LogP contribution is 2.49. The molecule has 7 aliphatic carbocycles. The van der Waals surface area contributed by atoms with Gasteiger partial charge in [-0.05, 0) is 150 Å². The molecule has 10 unspecified atom stereocenters. The predicted molar refractivity (Wildman–Crippen MR) is 192 cm³/mol. The lowest BCUT2D eigenvalue weighted by Gasteiger charge is -2.47. The van der Waals surface area contributed by atoms with Crippen molar-refractivity contribution in [3.05, 3.63) is 95.7 Å². The molecule has 0 saturated heterocycles. The average molecular weight is 608 g/mol. The van der Waals surface area contributed by atoms with E-state index in [4.69, 9.17) is 12.6 Å². The molecule has 0 amide bonds. The van der Waals surface area contributed by atoms with Gasteiger partial charge in [0.25, 0.3) is 0 Å². The van der Waals surface area contributed by atoms with Gasteiger partial charge in [-0.15, -0.1) is 0 Å². The highest BCUT2D eigenvalue weighted by atomic mass is 32.1. The Kier molecular flexibility index (Phi) is 10.4. The van der Waals surface area contributed by atoms with Gasteiger partial charge in [-0.3, -0.25) is 0 Å². The second-order valence-corrected chi connectivity index (χ2v) is 15.8. The van der Waals surface area contributed by atoms with Gasteiger partial charge in [0.2, 0.25) is 0 Å². The fraction of sp³-hybridized carbons (Fsp3) is 0.619. The van der Waals surface area contributed by atoms with Gasteiger partial charge in [0.15, 0.2) is 0 Å². The fourth-order valence-electron chi connectivity index (χ4n) is 10.3. The summed E-state index contributed by atoms with van der Waals surface area (Å²) in [5, 5.41) is 4.65. The van der Waals surface area contributed by atoms with Gasteiger partial charge in [0.05, 0.1) is 0 Å². The van der Waals surface area contributed by atoms with Crippen molar-refractivity contribution >= 4 is 12.6 Å². The average Bonchev–Trinajstić information content (AvgIpc) is 3.10. The summed E-state index contributed by atoms with van der Waals surface area (Å²) in [6.45, 7) is 0. The number of nitrogens with one attached hydrogen (secondary N) is 1. The topological polar surface area (TPSA) is 12.0 Å². The normalized spacial score (nSPS) is 40.8. The van der Waals surface area contributed by atoms with Gasteiger partial charge in [0.1, 0.15) is 0 Å². The van der Waals surface area contributed by atoms with E-state index in [0.717, 1.165) is 41.9 Å². The van der Waals surface area contributed by atoms with E-state index in [2.05, 4.69) is 84.3 Å². The molecule has 0 spiro atoms. The van der Waals surface area contributed by atoms with Crippen molar-refractivity contribution in [1.29, 1.82) is 0 Å². The number of hydrogen-bond donors (Lipinski definition) is 2. The van der Waals surface area contributed by atoms with Crippen molar-refractivity contribution in [2.24, 2.45) is 41.4 Å². The van der Waals surface area contributed by atoms with Crippen LogP contribution in [0.1, 0.15) is 103 Å². The quantitative estimate of drug-likeness (QED) is 0.217. The van der Waals surface area contributed by atoms with Crippen molar-refractivity contribution in [1.82, 2.24) is 5.32 Å². The molecular weight excluding hydrogens is 551 g/mol. The SMILES string of the molecule is SC1C=CCCC1C1CCCC=C1C1CCC(NC2C=CC=CC2)C(C2C=CCC(C3=CCCC(C4=CCCC=C4)C3)C2)C1. The van der Waals surface area contributed by atoms with Crippen LogP contribution in [0.25, 0.3) is 0 Å². The van der Waals surface area contributed by atoms with Gasteiger partial charge >= 0.3 is 0 Å². The smallest absolute Gasteiger partial charge is 0.0290 e. The summed E-state index contributed by atoms with van der Waals surface area (Å²) in [5.41, 5.74) is 5.27. The first-order valence-electron chi connectivity index (χ1n) is 18.6. The molecule has 1 saturated carbocycles. The van der Waals surface area contributed by atoms with Crippen LogP contribution in [-0.2, 0) is 0 Å². The molecule has 1 nitrogen and oxygen atoms in total. The summed E-state index contributed by atoms with van der Waals surface area (Å²) in [7, 11) is 0. The number of thiol groups is 1. The Balaban J connectivity index is 1.09. The fourth-order valence-corrected chi connectivity index (χ4v) is 10.8. The van der Waals surface area contributed by atoms with Crippen molar-refractivity contribution in [2.75, 3.05) is 0 Å². The monoisotopic (exact) mass is 607 g/mol. The van der Waals surface area contributed by atoms with Crippen LogP contribution in [0, 0.1) is 41.4 Å². The molecule has 236 valence electrons. The van der Waals surface area contributed by atoms with E-state index in [0.29, 0.717) is 23.3 Å². The van der Waals surface area contributed by atoms with Crippen molar-refractivity contribution in [2.45, 2.75) is 120 Å². The second-order valence-electron chi connectivity index (χ2n) is 15.2. The molecule has 0 aliphatic heterocycles. The van der Waals surface area contributed by atoms with E-state index in [-0.39, 0.29) is 0 Å². The minimum Gasteiger partial charge on any atom is -0.307 e. The van der Waals surface area contributed by atoms with Crippen molar-refractivity contribution < 1.29 is 0 Å². The van der Waals surface area contributed by atoms with E-state index in [9.17, 15) is 0 Å². The van der Waals surface area contributed by atoms with Crippen LogP contribution >= 0.6 is 12.6 Å². The summed E-state index contributed by atoms with van der Waals surface area (Å²) in [6, 6.07) is 1.11. The van der Waals surface area contributed by atoms with Crippen LogP contribution in [-0.4, -0.2) is 17.3 Å². The maximum absolute atomic E-state index is 5.10. The first-order chi connectivity index (χ1) is 21.7. The Morgan fingerprint density at radius 3 is 2.50 bits per heavy atom. The molecule has 10 atom stereocenters. The molecule has 0 radical (unpaired) electrons. The van der Waals surface area contributed by atoms with Gasteiger partial charge in [-0.2, -0.15) is 12.6 Å². The molecule has 1 N–H and O–H groups in total. The highest BCUT2D eigenvalue weighted by molar-refractivity contribution is 7.81. The molecule has 7 aliphatic rings. The Bertz CT molecular complexity index is 1240. The maximum atomic E-state index is 5.10. The van der Waals surface area contributed by atoms with E-state index in [1.165, 1.54) is 96.3 Å². The molecule has 2 heteroatoms.